The van der Waals surface area contributed by atoms with Crippen LogP contribution in [0, 0.1) is 0 Å². The molecule has 4 nitrogen and oxygen atoms in total. The van der Waals surface area contributed by atoms with Crippen molar-refractivity contribution < 1.29 is 14.6 Å². The van der Waals surface area contributed by atoms with Gasteiger partial charge in [-0.2, -0.15) is 0 Å². The van der Waals surface area contributed by atoms with Crippen LogP contribution in [-0.4, -0.2) is 36.4 Å². The summed E-state index contributed by atoms with van der Waals surface area (Å²) in [6, 6.07) is -0.445. The van der Waals surface area contributed by atoms with E-state index in [9.17, 15) is 4.79 Å². The average Bonchev–Trinajstić information content (AvgIpc) is 2.64. The lowest BCUT2D eigenvalue weighted by Crippen LogP contribution is -2.34. The molecule has 1 fully saturated rings. The maximum absolute atomic E-state index is 10.5. The van der Waals surface area contributed by atoms with Crippen LogP contribution in [0.5, 0.6) is 0 Å². The van der Waals surface area contributed by atoms with Crippen LogP contribution in [-0.2, 0) is 9.53 Å². The monoisotopic (exact) mass is 201 g/mol. The predicted octanol–water partition coefficient (Wildman–Crippen LogP) is 1.01. The van der Waals surface area contributed by atoms with E-state index < -0.39 is 12.0 Å². The van der Waals surface area contributed by atoms with Crippen molar-refractivity contribution in [2.45, 2.75) is 44.8 Å². The Balaban J connectivity index is 1.95. The molecule has 4 heteroatoms. The topological polar surface area (TPSA) is 58.6 Å². The van der Waals surface area contributed by atoms with Gasteiger partial charge in [0.25, 0.3) is 0 Å². The molecule has 0 aromatic carbocycles. The Kier molecular flexibility index (Phi) is 4.90. The minimum Gasteiger partial charge on any atom is -0.480 e. The third kappa shape index (κ3) is 4.07. The highest BCUT2D eigenvalue weighted by molar-refractivity contribution is 5.72. The first kappa shape index (κ1) is 11.5. The lowest BCUT2D eigenvalue weighted by atomic mass is 10.1. The van der Waals surface area contributed by atoms with Gasteiger partial charge in [0.2, 0.25) is 0 Å². The minimum absolute atomic E-state index is 0.414. The van der Waals surface area contributed by atoms with Crippen molar-refractivity contribution in [3.8, 4) is 0 Å². The number of hydrogen-bond donors (Lipinski definition) is 2. The van der Waals surface area contributed by atoms with Crippen molar-refractivity contribution in [2.24, 2.45) is 0 Å². The second kappa shape index (κ2) is 5.98. The third-order valence-electron chi connectivity index (χ3n) is 2.55. The molecule has 0 saturated carbocycles. The standard InChI is InChI=1S/C10H19NO3/c1-8(10(12)13)11-6-2-4-9-5-3-7-14-9/h8-9,11H,2-7H2,1H3,(H,12,13)/t8-,9?/m0/s1. The van der Waals surface area contributed by atoms with Crippen molar-refractivity contribution in [2.75, 3.05) is 13.2 Å². The number of carboxylic acids is 1. The molecule has 1 saturated heterocycles. The summed E-state index contributed by atoms with van der Waals surface area (Å²) >= 11 is 0. The van der Waals surface area contributed by atoms with Crippen LogP contribution in [0.1, 0.15) is 32.6 Å². The van der Waals surface area contributed by atoms with Gasteiger partial charge < -0.3 is 15.2 Å². The molecule has 82 valence electrons. The third-order valence-corrected chi connectivity index (χ3v) is 2.55. The van der Waals surface area contributed by atoms with Gasteiger partial charge in [0, 0.05) is 6.61 Å². The molecule has 1 heterocycles. The summed E-state index contributed by atoms with van der Waals surface area (Å²) in [5.74, 6) is -0.790. The van der Waals surface area contributed by atoms with E-state index in [0.717, 1.165) is 32.4 Å². The fourth-order valence-corrected chi connectivity index (χ4v) is 1.61. The lowest BCUT2D eigenvalue weighted by Gasteiger charge is -2.11. The molecule has 1 aliphatic rings. The van der Waals surface area contributed by atoms with E-state index in [1.165, 1.54) is 6.42 Å². The van der Waals surface area contributed by atoms with E-state index >= 15 is 0 Å². The summed E-state index contributed by atoms with van der Waals surface area (Å²) in [5.41, 5.74) is 0. The molecule has 2 atom stereocenters. The van der Waals surface area contributed by atoms with E-state index in [0.29, 0.717) is 6.10 Å². The van der Waals surface area contributed by atoms with Crippen LogP contribution >= 0.6 is 0 Å². The normalized spacial score (nSPS) is 23.6. The molecule has 0 aromatic rings. The zero-order chi connectivity index (χ0) is 10.4. The fraction of sp³-hybridized carbons (Fsp3) is 0.900. The highest BCUT2D eigenvalue weighted by Gasteiger charge is 2.15. The summed E-state index contributed by atoms with van der Waals surface area (Å²) < 4.78 is 5.46. The van der Waals surface area contributed by atoms with Crippen LogP contribution < -0.4 is 5.32 Å². The Morgan fingerprint density at radius 3 is 3.07 bits per heavy atom. The first-order chi connectivity index (χ1) is 6.70. The molecule has 1 rings (SSSR count). The molecule has 0 amide bonds. The largest absolute Gasteiger partial charge is 0.480 e. The number of aliphatic carboxylic acids is 1. The summed E-state index contributed by atoms with van der Waals surface area (Å²) in [6.07, 6.45) is 4.77. The van der Waals surface area contributed by atoms with Gasteiger partial charge >= 0.3 is 5.97 Å². The molecule has 1 unspecified atom stereocenters. The predicted molar refractivity (Wildman–Crippen MR) is 53.3 cm³/mol. The molecular formula is C10H19NO3. The van der Waals surface area contributed by atoms with Crippen LogP contribution in [0.3, 0.4) is 0 Å². The molecule has 2 N–H and O–H groups in total. The van der Waals surface area contributed by atoms with E-state index in [-0.39, 0.29) is 0 Å². The van der Waals surface area contributed by atoms with E-state index in [2.05, 4.69) is 5.32 Å². The Bertz CT molecular complexity index is 178. The summed E-state index contributed by atoms with van der Waals surface area (Å²) in [5, 5.41) is 11.6. The molecular weight excluding hydrogens is 182 g/mol. The van der Waals surface area contributed by atoms with Crippen molar-refractivity contribution >= 4 is 5.97 Å². The van der Waals surface area contributed by atoms with Crippen LogP contribution in [0.4, 0.5) is 0 Å². The highest BCUT2D eigenvalue weighted by Crippen LogP contribution is 2.16. The van der Waals surface area contributed by atoms with E-state index in [4.69, 9.17) is 9.84 Å². The number of ether oxygens (including phenoxy) is 1. The number of hydrogen-bond acceptors (Lipinski definition) is 3. The molecule has 0 aliphatic carbocycles. The maximum Gasteiger partial charge on any atom is 0.320 e. The molecule has 1 aliphatic heterocycles. The van der Waals surface area contributed by atoms with Gasteiger partial charge in [-0.05, 0) is 39.2 Å². The van der Waals surface area contributed by atoms with Gasteiger partial charge in [-0.15, -0.1) is 0 Å². The minimum atomic E-state index is -0.790. The quantitative estimate of drug-likeness (QED) is 0.630. The van der Waals surface area contributed by atoms with Gasteiger partial charge in [-0.1, -0.05) is 0 Å². The van der Waals surface area contributed by atoms with Gasteiger partial charge in [0.05, 0.1) is 6.10 Å². The van der Waals surface area contributed by atoms with Crippen molar-refractivity contribution in [3.63, 3.8) is 0 Å². The molecule has 14 heavy (non-hydrogen) atoms. The van der Waals surface area contributed by atoms with Crippen LogP contribution in [0.25, 0.3) is 0 Å². The number of carboxylic acid groups (broad SMARTS) is 1. The van der Waals surface area contributed by atoms with Gasteiger partial charge in [0.1, 0.15) is 6.04 Å². The molecule has 0 aromatic heterocycles. The SMILES string of the molecule is C[C@H](NCCCC1CCCO1)C(=O)O. The first-order valence-electron chi connectivity index (χ1n) is 5.28. The second-order valence-corrected chi connectivity index (χ2v) is 3.79. The fourth-order valence-electron chi connectivity index (χ4n) is 1.61. The van der Waals surface area contributed by atoms with Crippen molar-refractivity contribution in [3.05, 3.63) is 0 Å². The van der Waals surface area contributed by atoms with Crippen molar-refractivity contribution in [1.82, 2.24) is 5.32 Å². The Labute approximate surface area is 84.6 Å². The Hall–Kier alpha value is -0.610. The second-order valence-electron chi connectivity index (χ2n) is 3.79. The Morgan fingerprint density at radius 2 is 2.50 bits per heavy atom. The smallest absolute Gasteiger partial charge is 0.320 e. The summed E-state index contributed by atoms with van der Waals surface area (Å²) in [6.45, 7) is 3.31. The lowest BCUT2D eigenvalue weighted by molar-refractivity contribution is -0.138. The van der Waals surface area contributed by atoms with E-state index in [1.54, 1.807) is 6.92 Å². The van der Waals surface area contributed by atoms with Gasteiger partial charge in [-0.3, -0.25) is 4.79 Å². The van der Waals surface area contributed by atoms with Crippen LogP contribution in [0.15, 0.2) is 0 Å². The molecule has 0 spiro atoms. The Morgan fingerprint density at radius 1 is 1.71 bits per heavy atom. The molecule has 0 bridgehead atoms. The first-order valence-corrected chi connectivity index (χ1v) is 5.28. The number of carbonyl (C=O) groups is 1. The molecule has 0 radical (unpaired) electrons. The zero-order valence-corrected chi connectivity index (χ0v) is 8.66. The highest BCUT2D eigenvalue weighted by atomic mass is 16.5. The number of rotatable bonds is 6. The van der Waals surface area contributed by atoms with Crippen molar-refractivity contribution in [1.29, 1.82) is 0 Å². The van der Waals surface area contributed by atoms with Crippen LogP contribution in [0.2, 0.25) is 0 Å². The van der Waals surface area contributed by atoms with Gasteiger partial charge in [-0.25, -0.2) is 0 Å². The summed E-state index contributed by atoms with van der Waals surface area (Å²) in [4.78, 5) is 10.5. The average molecular weight is 201 g/mol. The van der Waals surface area contributed by atoms with Gasteiger partial charge in [0.15, 0.2) is 0 Å². The van der Waals surface area contributed by atoms with E-state index in [1.807, 2.05) is 0 Å². The maximum atomic E-state index is 10.5. The summed E-state index contributed by atoms with van der Waals surface area (Å²) in [7, 11) is 0. The number of nitrogens with one attached hydrogen (secondary N) is 1. The zero-order valence-electron chi connectivity index (χ0n) is 8.66.